The number of hydrogen-bond acceptors (Lipinski definition) is 4. The Morgan fingerprint density at radius 1 is 0.906 bits per heavy atom. The van der Waals surface area contributed by atoms with Crippen molar-refractivity contribution < 1.29 is 14.3 Å². The summed E-state index contributed by atoms with van der Waals surface area (Å²) >= 11 is 0. The fraction of sp³-hybridized carbons (Fsp3) is 0.185. The molecule has 4 rings (SSSR count). The summed E-state index contributed by atoms with van der Waals surface area (Å²) < 4.78 is 11.8. The fourth-order valence-corrected chi connectivity index (χ4v) is 3.56. The van der Waals surface area contributed by atoms with Crippen molar-refractivity contribution in [2.45, 2.75) is 27.4 Å². The molecule has 0 atom stereocenters. The van der Waals surface area contributed by atoms with Crippen molar-refractivity contribution in [1.29, 1.82) is 0 Å². The molecule has 32 heavy (non-hydrogen) atoms. The highest BCUT2D eigenvalue weighted by molar-refractivity contribution is 6.32. The molecule has 0 saturated heterocycles. The van der Waals surface area contributed by atoms with Crippen molar-refractivity contribution in [1.82, 2.24) is 0 Å². The van der Waals surface area contributed by atoms with E-state index in [-0.39, 0.29) is 5.91 Å². The van der Waals surface area contributed by atoms with Crippen molar-refractivity contribution in [2.24, 2.45) is 5.10 Å². The Bertz CT molecular complexity index is 1180. The van der Waals surface area contributed by atoms with Crippen LogP contribution >= 0.6 is 0 Å². The fourth-order valence-electron chi connectivity index (χ4n) is 3.56. The van der Waals surface area contributed by atoms with Crippen molar-refractivity contribution in [3.05, 3.63) is 95.1 Å². The molecular formula is C27H26N2O3. The van der Waals surface area contributed by atoms with Crippen molar-refractivity contribution in [3.8, 4) is 11.5 Å². The Hall–Kier alpha value is -3.86. The van der Waals surface area contributed by atoms with Crippen LogP contribution in [0.1, 0.15) is 30.5 Å². The average Bonchev–Trinajstić information content (AvgIpc) is 3.08. The lowest BCUT2D eigenvalue weighted by Crippen LogP contribution is -2.21. The molecule has 0 saturated carbocycles. The van der Waals surface area contributed by atoms with Crippen LogP contribution in [-0.4, -0.2) is 18.2 Å². The quantitative estimate of drug-likeness (QED) is 0.450. The maximum absolute atomic E-state index is 13.0. The van der Waals surface area contributed by atoms with Gasteiger partial charge in [0.05, 0.1) is 23.6 Å². The van der Waals surface area contributed by atoms with Gasteiger partial charge in [-0.1, -0.05) is 54.1 Å². The molecule has 0 spiro atoms. The van der Waals surface area contributed by atoms with Crippen LogP contribution < -0.4 is 14.5 Å². The second kappa shape index (κ2) is 9.52. The molecule has 3 aromatic carbocycles. The van der Waals surface area contributed by atoms with Crippen molar-refractivity contribution in [2.75, 3.05) is 11.6 Å². The van der Waals surface area contributed by atoms with Crippen molar-refractivity contribution >= 4 is 23.4 Å². The number of para-hydroxylation sites is 1. The standard InChI is InChI=1S/C27H26N2O3/c1-4-31-26-17-21(13-14-25(26)32-18-22-10-8-9-19(2)15-22)16-24-20(3)28-29(27(24)30)23-11-6-5-7-12-23/h5-17H,4,18H2,1-3H3/b24-16+. The first-order valence-corrected chi connectivity index (χ1v) is 10.7. The van der Waals surface area contributed by atoms with Crippen LogP contribution in [0.15, 0.2) is 83.5 Å². The predicted octanol–water partition coefficient (Wildman–Crippen LogP) is 5.78. The SMILES string of the molecule is CCOc1cc(/C=C2/C(=O)N(c3ccccc3)N=C2C)ccc1OCc1cccc(C)c1. The van der Waals surface area contributed by atoms with E-state index in [1.54, 1.807) is 0 Å². The highest BCUT2D eigenvalue weighted by atomic mass is 16.5. The van der Waals surface area contributed by atoms with Gasteiger partial charge in [-0.2, -0.15) is 10.1 Å². The lowest BCUT2D eigenvalue weighted by Gasteiger charge is -2.13. The van der Waals surface area contributed by atoms with Gasteiger partial charge < -0.3 is 9.47 Å². The summed E-state index contributed by atoms with van der Waals surface area (Å²) in [5.74, 6) is 1.17. The van der Waals surface area contributed by atoms with Crippen LogP contribution in [0.5, 0.6) is 11.5 Å². The Balaban J connectivity index is 1.56. The summed E-state index contributed by atoms with van der Waals surface area (Å²) in [6.07, 6.45) is 1.84. The molecule has 162 valence electrons. The average molecular weight is 427 g/mol. The number of hydrogen-bond donors (Lipinski definition) is 0. The highest BCUT2D eigenvalue weighted by Gasteiger charge is 2.28. The summed E-state index contributed by atoms with van der Waals surface area (Å²) in [6, 6.07) is 23.3. The third kappa shape index (κ3) is 4.72. The van der Waals surface area contributed by atoms with Gasteiger partial charge in [-0.3, -0.25) is 4.79 Å². The number of hydrazone groups is 1. The number of anilines is 1. The molecule has 0 bridgehead atoms. The number of aryl methyl sites for hydroxylation is 1. The first-order valence-electron chi connectivity index (χ1n) is 10.7. The van der Waals surface area contributed by atoms with Gasteiger partial charge in [-0.05, 0) is 62.2 Å². The summed E-state index contributed by atoms with van der Waals surface area (Å²) in [5, 5.41) is 5.87. The molecule has 1 heterocycles. The number of ether oxygens (including phenoxy) is 2. The molecule has 1 amide bonds. The van der Waals surface area contributed by atoms with E-state index in [4.69, 9.17) is 9.47 Å². The first-order chi connectivity index (χ1) is 15.5. The zero-order chi connectivity index (χ0) is 22.5. The Kier molecular flexibility index (Phi) is 6.36. The van der Waals surface area contributed by atoms with E-state index in [1.807, 2.05) is 80.6 Å². The van der Waals surface area contributed by atoms with Gasteiger partial charge in [0, 0.05) is 0 Å². The van der Waals surface area contributed by atoms with Crippen LogP contribution in [-0.2, 0) is 11.4 Å². The molecule has 1 aliphatic heterocycles. The molecule has 0 aliphatic carbocycles. The zero-order valence-electron chi connectivity index (χ0n) is 18.5. The number of rotatable bonds is 7. The Morgan fingerprint density at radius 3 is 2.47 bits per heavy atom. The first kappa shape index (κ1) is 21.4. The maximum atomic E-state index is 13.0. The normalized spacial score (nSPS) is 14.6. The Labute approximate surface area is 188 Å². The van der Waals surface area contributed by atoms with E-state index in [0.717, 1.165) is 16.8 Å². The minimum absolute atomic E-state index is 0.147. The molecule has 3 aromatic rings. The van der Waals surface area contributed by atoms with E-state index in [9.17, 15) is 4.79 Å². The van der Waals surface area contributed by atoms with E-state index in [1.165, 1.54) is 10.6 Å². The topological polar surface area (TPSA) is 51.1 Å². The molecule has 5 nitrogen and oxygen atoms in total. The number of carbonyl (C=O) groups excluding carboxylic acids is 1. The molecule has 0 radical (unpaired) electrons. The van der Waals surface area contributed by atoms with E-state index in [0.29, 0.717) is 36.0 Å². The van der Waals surface area contributed by atoms with Crippen LogP contribution in [0.2, 0.25) is 0 Å². The highest BCUT2D eigenvalue weighted by Crippen LogP contribution is 2.31. The molecule has 1 aliphatic rings. The molecular weight excluding hydrogens is 400 g/mol. The van der Waals surface area contributed by atoms with Crippen LogP contribution in [0.4, 0.5) is 5.69 Å². The lowest BCUT2D eigenvalue weighted by atomic mass is 10.1. The third-order valence-corrected chi connectivity index (χ3v) is 5.12. The van der Waals surface area contributed by atoms with E-state index < -0.39 is 0 Å². The summed E-state index contributed by atoms with van der Waals surface area (Å²) in [4.78, 5) is 13.0. The number of nitrogens with zero attached hydrogens (tertiary/aromatic N) is 2. The molecule has 0 unspecified atom stereocenters. The minimum atomic E-state index is -0.147. The predicted molar refractivity (Wildman–Crippen MR) is 128 cm³/mol. The maximum Gasteiger partial charge on any atom is 0.280 e. The lowest BCUT2D eigenvalue weighted by molar-refractivity contribution is -0.114. The van der Waals surface area contributed by atoms with E-state index in [2.05, 4.69) is 24.2 Å². The van der Waals surface area contributed by atoms with Gasteiger partial charge in [0.25, 0.3) is 5.91 Å². The van der Waals surface area contributed by atoms with Gasteiger partial charge in [0.2, 0.25) is 0 Å². The second-order valence-electron chi connectivity index (χ2n) is 7.61. The largest absolute Gasteiger partial charge is 0.490 e. The van der Waals surface area contributed by atoms with E-state index >= 15 is 0 Å². The number of amides is 1. The van der Waals surface area contributed by atoms with Gasteiger partial charge in [0.1, 0.15) is 6.61 Å². The van der Waals surface area contributed by atoms with Gasteiger partial charge in [-0.25, -0.2) is 0 Å². The molecule has 0 aromatic heterocycles. The monoisotopic (exact) mass is 426 g/mol. The summed E-state index contributed by atoms with van der Waals surface area (Å²) in [5.41, 5.74) is 5.13. The zero-order valence-corrected chi connectivity index (χ0v) is 18.5. The van der Waals surface area contributed by atoms with Crippen LogP contribution in [0, 0.1) is 6.92 Å². The van der Waals surface area contributed by atoms with Crippen LogP contribution in [0.3, 0.4) is 0 Å². The smallest absolute Gasteiger partial charge is 0.280 e. The van der Waals surface area contributed by atoms with Crippen LogP contribution in [0.25, 0.3) is 6.08 Å². The van der Waals surface area contributed by atoms with Gasteiger partial charge in [0.15, 0.2) is 11.5 Å². The summed E-state index contributed by atoms with van der Waals surface area (Å²) in [6.45, 7) is 6.81. The van der Waals surface area contributed by atoms with Gasteiger partial charge in [-0.15, -0.1) is 0 Å². The summed E-state index contributed by atoms with van der Waals surface area (Å²) in [7, 11) is 0. The Morgan fingerprint density at radius 2 is 1.72 bits per heavy atom. The minimum Gasteiger partial charge on any atom is -0.490 e. The van der Waals surface area contributed by atoms with Crippen molar-refractivity contribution in [3.63, 3.8) is 0 Å². The molecule has 0 N–H and O–H groups in total. The number of benzene rings is 3. The number of carbonyl (C=O) groups is 1. The van der Waals surface area contributed by atoms with Gasteiger partial charge >= 0.3 is 0 Å². The molecule has 0 fully saturated rings. The third-order valence-electron chi connectivity index (χ3n) is 5.12. The molecule has 5 heteroatoms. The second-order valence-corrected chi connectivity index (χ2v) is 7.61.